The van der Waals surface area contributed by atoms with E-state index in [0.717, 1.165) is 30.3 Å². The van der Waals surface area contributed by atoms with Crippen molar-refractivity contribution in [1.29, 1.82) is 0 Å². The lowest BCUT2D eigenvalue weighted by molar-refractivity contribution is -0.141. The lowest BCUT2D eigenvalue weighted by atomic mass is 10.0. The van der Waals surface area contributed by atoms with Gasteiger partial charge in [-0.1, -0.05) is 12.1 Å². The summed E-state index contributed by atoms with van der Waals surface area (Å²) >= 11 is 0. The molecule has 1 saturated heterocycles. The number of fused-ring (bicyclic) bond motifs is 1. The highest BCUT2D eigenvalue weighted by Gasteiger charge is 2.33. The molecule has 0 N–H and O–H groups in total. The third-order valence-corrected chi connectivity index (χ3v) is 6.29. The van der Waals surface area contributed by atoms with Gasteiger partial charge in [0.15, 0.2) is 5.78 Å². The standard InChI is InChI=1S/C26H24F3N5O3/c27-26(28,29)24-5-1-4-22(30-24)23(35)14-18-6-7-21-19(13-18)15-34(31-21)17-25(36)33-10-8-32(9-11-33)16-20-3-2-12-37-20/h1-7,12-13,15H,8-11,14,16-17H2. The number of rotatable bonds is 7. The Morgan fingerprint density at radius 3 is 2.54 bits per heavy atom. The molecule has 4 heterocycles. The fraction of sp³-hybridized carbons (Fsp3) is 0.308. The van der Waals surface area contributed by atoms with E-state index in [9.17, 15) is 22.8 Å². The first-order chi connectivity index (χ1) is 17.7. The zero-order valence-electron chi connectivity index (χ0n) is 19.8. The maximum absolute atomic E-state index is 12.9. The molecule has 1 fully saturated rings. The lowest BCUT2D eigenvalue weighted by Crippen LogP contribution is -2.49. The molecule has 1 aromatic carbocycles. The van der Waals surface area contributed by atoms with Crippen LogP contribution in [0.1, 0.15) is 27.5 Å². The predicted molar refractivity (Wildman–Crippen MR) is 128 cm³/mol. The van der Waals surface area contributed by atoms with Gasteiger partial charge in [-0.05, 0) is 42.0 Å². The van der Waals surface area contributed by atoms with Gasteiger partial charge in [-0.15, -0.1) is 0 Å². The average Bonchev–Trinajstić information content (AvgIpc) is 3.53. The Kier molecular flexibility index (Phi) is 6.79. The second kappa shape index (κ2) is 10.2. The number of aromatic nitrogens is 3. The number of halogens is 3. The third-order valence-electron chi connectivity index (χ3n) is 6.29. The second-order valence-electron chi connectivity index (χ2n) is 8.96. The summed E-state index contributed by atoms with van der Waals surface area (Å²) in [6.07, 6.45) is -1.33. The highest BCUT2D eigenvalue weighted by Crippen LogP contribution is 2.27. The zero-order chi connectivity index (χ0) is 26.0. The molecule has 0 aliphatic carbocycles. The van der Waals surface area contributed by atoms with Crippen molar-refractivity contribution in [1.82, 2.24) is 24.6 Å². The minimum atomic E-state index is -4.62. The van der Waals surface area contributed by atoms with Crippen LogP contribution in [0.3, 0.4) is 0 Å². The van der Waals surface area contributed by atoms with E-state index in [1.165, 1.54) is 12.1 Å². The summed E-state index contributed by atoms with van der Waals surface area (Å²) in [7, 11) is 0. The first-order valence-electron chi connectivity index (χ1n) is 11.8. The molecule has 0 bridgehead atoms. The number of alkyl halides is 3. The number of Topliss-reactive ketones (excluding diaryl/α,β-unsaturated/α-hetero) is 1. The average molecular weight is 512 g/mol. The van der Waals surface area contributed by atoms with Crippen LogP contribution in [-0.2, 0) is 30.5 Å². The van der Waals surface area contributed by atoms with Gasteiger partial charge in [-0.3, -0.25) is 19.2 Å². The van der Waals surface area contributed by atoms with Gasteiger partial charge in [0.25, 0.3) is 0 Å². The minimum Gasteiger partial charge on any atom is -0.468 e. The molecule has 0 saturated carbocycles. The Balaban J connectivity index is 1.19. The number of hydrogen-bond acceptors (Lipinski definition) is 6. The van der Waals surface area contributed by atoms with Gasteiger partial charge in [-0.25, -0.2) is 4.98 Å². The molecule has 37 heavy (non-hydrogen) atoms. The molecule has 11 heteroatoms. The number of nitrogens with zero attached hydrogens (tertiary/aromatic N) is 5. The maximum atomic E-state index is 12.9. The van der Waals surface area contributed by atoms with E-state index in [4.69, 9.17) is 4.42 Å². The number of pyridine rings is 1. The molecule has 1 aliphatic rings. The van der Waals surface area contributed by atoms with Crippen molar-refractivity contribution in [2.75, 3.05) is 26.2 Å². The predicted octanol–water partition coefficient (Wildman–Crippen LogP) is 3.81. The van der Waals surface area contributed by atoms with Gasteiger partial charge in [0.1, 0.15) is 23.7 Å². The summed E-state index contributed by atoms with van der Waals surface area (Å²) in [5, 5.41) is 5.19. The molecule has 0 radical (unpaired) electrons. The number of carbonyl (C=O) groups excluding carboxylic acids is 2. The number of furan rings is 1. The molecule has 5 rings (SSSR count). The van der Waals surface area contributed by atoms with Crippen LogP contribution in [0.15, 0.2) is 65.4 Å². The van der Waals surface area contributed by atoms with Crippen molar-refractivity contribution >= 4 is 22.6 Å². The molecule has 1 aliphatic heterocycles. The summed E-state index contributed by atoms with van der Waals surface area (Å²) in [5.41, 5.74) is -0.0566. The van der Waals surface area contributed by atoms with Crippen molar-refractivity contribution in [3.05, 3.63) is 83.7 Å². The van der Waals surface area contributed by atoms with Gasteiger partial charge in [-0.2, -0.15) is 18.3 Å². The molecule has 0 spiro atoms. The van der Waals surface area contributed by atoms with E-state index in [-0.39, 0.29) is 24.6 Å². The zero-order valence-corrected chi connectivity index (χ0v) is 19.8. The summed E-state index contributed by atoms with van der Waals surface area (Å²) in [6.45, 7) is 3.56. The van der Waals surface area contributed by atoms with E-state index < -0.39 is 17.7 Å². The van der Waals surface area contributed by atoms with Crippen LogP contribution in [0.2, 0.25) is 0 Å². The smallest absolute Gasteiger partial charge is 0.433 e. The van der Waals surface area contributed by atoms with Crippen molar-refractivity contribution < 1.29 is 27.2 Å². The normalized spacial score (nSPS) is 14.8. The van der Waals surface area contributed by atoms with Gasteiger partial charge >= 0.3 is 6.18 Å². The number of hydrogen-bond donors (Lipinski definition) is 0. The van der Waals surface area contributed by atoms with Gasteiger partial charge < -0.3 is 9.32 Å². The fourth-order valence-electron chi connectivity index (χ4n) is 4.36. The van der Waals surface area contributed by atoms with Crippen LogP contribution in [0.25, 0.3) is 10.9 Å². The topological polar surface area (TPSA) is 84.5 Å². The number of amides is 1. The van der Waals surface area contributed by atoms with E-state index in [1.54, 1.807) is 35.3 Å². The molecule has 3 aromatic heterocycles. The molecule has 1 amide bonds. The Hall–Kier alpha value is -3.99. The largest absolute Gasteiger partial charge is 0.468 e. The van der Waals surface area contributed by atoms with E-state index in [1.807, 2.05) is 17.0 Å². The number of piperazine rings is 1. The quantitative estimate of drug-likeness (QED) is 0.351. The van der Waals surface area contributed by atoms with E-state index in [2.05, 4.69) is 15.0 Å². The van der Waals surface area contributed by atoms with Gasteiger partial charge in [0, 0.05) is 44.2 Å². The van der Waals surface area contributed by atoms with Crippen LogP contribution < -0.4 is 0 Å². The molecule has 0 atom stereocenters. The lowest BCUT2D eigenvalue weighted by Gasteiger charge is -2.34. The van der Waals surface area contributed by atoms with Crippen molar-refractivity contribution in [2.45, 2.75) is 25.7 Å². The first kappa shape index (κ1) is 24.7. The molecule has 192 valence electrons. The highest BCUT2D eigenvalue weighted by molar-refractivity contribution is 5.96. The van der Waals surface area contributed by atoms with Gasteiger partial charge in [0.05, 0.1) is 18.3 Å². The summed E-state index contributed by atoms with van der Waals surface area (Å²) < 4.78 is 45.7. The van der Waals surface area contributed by atoms with Crippen LogP contribution in [-0.4, -0.2) is 62.4 Å². The Bertz CT molecular complexity index is 1410. The van der Waals surface area contributed by atoms with E-state index >= 15 is 0 Å². The minimum absolute atomic E-state index is 0.0310. The maximum Gasteiger partial charge on any atom is 0.433 e. The van der Waals surface area contributed by atoms with Crippen molar-refractivity contribution in [3.8, 4) is 0 Å². The number of ketones is 1. The van der Waals surface area contributed by atoms with Crippen LogP contribution >= 0.6 is 0 Å². The summed E-state index contributed by atoms with van der Waals surface area (Å²) in [6, 6.07) is 12.3. The SMILES string of the molecule is O=C(Cc1ccc2nn(CC(=O)N3CCN(Cc4ccco4)CC3)cc2c1)c1cccc(C(F)(F)F)n1. The second-order valence-corrected chi connectivity index (χ2v) is 8.96. The number of benzene rings is 1. The Morgan fingerprint density at radius 2 is 1.81 bits per heavy atom. The Morgan fingerprint density at radius 1 is 1.00 bits per heavy atom. The molecular weight excluding hydrogens is 487 g/mol. The van der Waals surface area contributed by atoms with Crippen molar-refractivity contribution in [3.63, 3.8) is 0 Å². The van der Waals surface area contributed by atoms with Crippen molar-refractivity contribution in [2.24, 2.45) is 0 Å². The monoisotopic (exact) mass is 511 g/mol. The summed E-state index contributed by atoms with van der Waals surface area (Å²) in [5.74, 6) is 0.353. The molecule has 0 unspecified atom stereocenters. The van der Waals surface area contributed by atoms with Crippen LogP contribution in [0, 0.1) is 0 Å². The highest BCUT2D eigenvalue weighted by atomic mass is 19.4. The fourth-order valence-corrected chi connectivity index (χ4v) is 4.36. The van der Waals surface area contributed by atoms with Gasteiger partial charge in [0.2, 0.25) is 5.91 Å². The Labute approximate surface area is 210 Å². The molecule has 8 nitrogen and oxygen atoms in total. The van der Waals surface area contributed by atoms with Crippen LogP contribution in [0.5, 0.6) is 0 Å². The van der Waals surface area contributed by atoms with E-state index in [0.29, 0.717) is 30.7 Å². The third kappa shape index (κ3) is 5.88. The first-order valence-corrected chi connectivity index (χ1v) is 11.8. The molecular formula is C26H24F3N5O3. The summed E-state index contributed by atoms with van der Waals surface area (Å²) in [4.78, 5) is 32.9. The number of carbonyl (C=O) groups is 2. The van der Waals surface area contributed by atoms with Crippen LogP contribution in [0.4, 0.5) is 13.2 Å². The molecule has 4 aromatic rings.